The molecule has 3 aliphatic heterocycles. The van der Waals surface area contributed by atoms with Gasteiger partial charge in [0.15, 0.2) is 6.29 Å². The van der Waals surface area contributed by atoms with Crippen molar-refractivity contribution in [2.45, 2.75) is 141 Å². The Bertz CT molecular complexity index is 1360. The Morgan fingerprint density at radius 3 is 2.33 bits per heavy atom. The van der Waals surface area contributed by atoms with Gasteiger partial charge in [-0.3, -0.25) is 4.79 Å². The summed E-state index contributed by atoms with van der Waals surface area (Å²) in [5.74, 6) is -3.53. The van der Waals surface area contributed by atoms with Crippen molar-refractivity contribution in [3.8, 4) is 0 Å². The number of esters is 1. The van der Waals surface area contributed by atoms with E-state index in [2.05, 4.69) is 5.16 Å². The quantitative estimate of drug-likeness (QED) is 0.236. The van der Waals surface area contributed by atoms with E-state index in [0.29, 0.717) is 17.8 Å². The van der Waals surface area contributed by atoms with Gasteiger partial charge in [-0.1, -0.05) is 63.2 Å². The van der Waals surface area contributed by atoms with Crippen LogP contribution in [0.2, 0.25) is 0 Å². The Balaban J connectivity index is 1.86. The molecule has 0 amide bonds. The number of cyclic esters (lactones) is 1. The molecule has 13 nitrogen and oxygen atoms in total. The first kappa shape index (κ1) is 42.3. The second-order valence-corrected chi connectivity index (χ2v) is 15.9. The Labute approximate surface area is 309 Å². The topological polar surface area (TPSA) is 173 Å². The average molecular weight is 734 g/mol. The van der Waals surface area contributed by atoms with E-state index < -0.39 is 77.7 Å². The van der Waals surface area contributed by atoms with Crippen LogP contribution < -0.4 is 0 Å². The fourth-order valence-corrected chi connectivity index (χ4v) is 8.15. The Morgan fingerprint density at radius 2 is 1.69 bits per heavy atom. The van der Waals surface area contributed by atoms with Gasteiger partial charge in [-0.2, -0.15) is 0 Å². The van der Waals surface area contributed by atoms with Crippen LogP contribution in [0.3, 0.4) is 0 Å². The van der Waals surface area contributed by atoms with Crippen LogP contribution >= 0.6 is 0 Å². The van der Waals surface area contributed by atoms with Crippen molar-refractivity contribution in [1.29, 1.82) is 5.41 Å². The standard InChI is InChI=1S/C39H63N3O10/c1-11-30-39(8,46)35-24(4)31(40)22(2)18-38(7,48-21-28(20-47-35)41-49-19-27-15-13-12-14-16-27)34(25(5)32(43)26(6)36(45)51-30)52-37-33(44)29(42(9)10)17-23(3)50-37/h12-16,22-26,29-30,32-35,37,40,43-44,46H,11,17-21H2,1-10H3/b40-31?,41-28+/t22-,23-,24+,25+,26-,29+,30-,32+,33-,34-,35+,37+,38-,39-/m1/s1. The van der Waals surface area contributed by atoms with Gasteiger partial charge in [-0.25, -0.2) is 0 Å². The van der Waals surface area contributed by atoms with Crippen molar-refractivity contribution in [2.75, 3.05) is 27.3 Å². The fraction of sp³-hybridized carbons (Fsp3) is 0.769. The number of likely N-dealkylation sites (N-methyl/N-ethyl adjacent to an activating group) is 1. The Hall–Kier alpha value is -2.49. The van der Waals surface area contributed by atoms with Gasteiger partial charge in [0.25, 0.3) is 0 Å². The van der Waals surface area contributed by atoms with Gasteiger partial charge >= 0.3 is 5.97 Å². The first-order valence-electron chi connectivity index (χ1n) is 18.7. The van der Waals surface area contributed by atoms with E-state index in [4.69, 9.17) is 28.5 Å². The molecule has 2 bridgehead atoms. The maximum Gasteiger partial charge on any atom is 0.311 e. The van der Waals surface area contributed by atoms with Gasteiger partial charge in [0, 0.05) is 23.6 Å². The number of carbonyl (C=O) groups excluding carboxylic acids is 1. The first-order valence-corrected chi connectivity index (χ1v) is 18.7. The third-order valence-corrected chi connectivity index (χ3v) is 11.4. The summed E-state index contributed by atoms with van der Waals surface area (Å²) in [7, 11) is 3.79. The molecule has 0 aromatic heterocycles. The summed E-state index contributed by atoms with van der Waals surface area (Å²) in [5, 5.41) is 49.5. The molecule has 3 heterocycles. The highest BCUT2D eigenvalue weighted by Crippen LogP contribution is 2.40. The molecular formula is C39H63N3O10. The lowest BCUT2D eigenvalue weighted by Crippen LogP contribution is -2.60. The molecule has 52 heavy (non-hydrogen) atoms. The third-order valence-electron chi connectivity index (χ3n) is 11.4. The van der Waals surface area contributed by atoms with Crippen molar-refractivity contribution in [1.82, 2.24) is 4.90 Å². The molecule has 13 heteroatoms. The molecule has 0 radical (unpaired) electrons. The number of nitrogens with one attached hydrogen (secondary N) is 1. The van der Waals surface area contributed by atoms with Crippen LogP contribution in [0.4, 0.5) is 0 Å². The second kappa shape index (κ2) is 17.8. The molecule has 3 saturated heterocycles. The highest BCUT2D eigenvalue weighted by molar-refractivity contribution is 5.88. The molecule has 0 spiro atoms. The lowest BCUT2D eigenvalue weighted by Gasteiger charge is -2.48. The zero-order chi connectivity index (χ0) is 38.5. The average Bonchev–Trinajstić information content (AvgIpc) is 3.11. The van der Waals surface area contributed by atoms with E-state index in [1.165, 1.54) is 0 Å². The van der Waals surface area contributed by atoms with Gasteiger partial charge < -0.3 is 54.2 Å². The summed E-state index contributed by atoms with van der Waals surface area (Å²) in [4.78, 5) is 21.5. The number of benzene rings is 1. The minimum absolute atomic E-state index is 0.0791. The molecule has 0 unspecified atom stereocenters. The molecule has 0 aliphatic carbocycles. The van der Waals surface area contributed by atoms with Crippen LogP contribution in [0.5, 0.6) is 0 Å². The number of hydrogen-bond donors (Lipinski definition) is 4. The summed E-state index contributed by atoms with van der Waals surface area (Å²) in [6.45, 7) is 14.3. The van der Waals surface area contributed by atoms with Crippen LogP contribution in [-0.2, 0) is 39.9 Å². The number of rotatable bonds is 7. The summed E-state index contributed by atoms with van der Waals surface area (Å²) in [6, 6.07) is 9.34. The van der Waals surface area contributed by atoms with Crippen LogP contribution in [0.25, 0.3) is 0 Å². The number of nitrogens with zero attached hydrogens (tertiary/aromatic N) is 2. The Kier molecular flexibility index (Phi) is 14.4. The smallest absolute Gasteiger partial charge is 0.311 e. The molecule has 3 aliphatic rings. The van der Waals surface area contributed by atoms with Crippen molar-refractivity contribution in [2.24, 2.45) is 28.8 Å². The maximum atomic E-state index is 13.7. The number of aliphatic hydroxyl groups excluding tert-OH is 2. The predicted octanol–water partition coefficient (Wildman–Crippen LogP) is 3.95. The van der Waals surface area contributed by atoms with Crippen LogP contribution in [0.1, 0.15) is 80.2 Å². The maximum absolute atomic E-state index is 13.7. The SMILES string of the molecule is CC[C@H]1OC(=O)[C@H](C)[C@@H](O)[C@H](C)[C@@H](O[C@@H]2O[C@H](C)C[C@H](N(C)C)[C@H]2O)[C@@]2(C)C[C@@H](C)C(=N)[C@H](C)[C@H](OC/C(=N\OCc3ccccc3)CO2)[C@]1(C)O. The monoisotopic (exact) mass is 733 g/mol. The van der Waals surface area contributed by atoms with Gasteiger partial charge in [0.2, 0.25) is 0 Å². The first-order chi connectivity index (χ1) is 24.4. The molecular weight excluding hydrogens is 670 g/mol. The molecule has 4 rings (SSSR count). The zero-order valence-electron chi connectivity index (χ0n) is 32.7. The molecule has 1 aromatic carbocycles. The van der Waals surface area contributed by atoms with Crippen molar-refractivity contribution in [3.63, 3.8) is 0 Å². The minimum atomic E-state index is -1.73. The van der Waals surface area contributed by atoms with Gasteiger partial charge in [0.05, 0.1) is 49.1 Å². The number of carbonyl (C=O) groups is 1. The number of hydrogen-bond acceptors (Lipinski definition) is 13. The molecule has 3 fully saturated rings. The summed E-state index contributed by atoms with van der Waals surface area (Å²) in [6.07, 6.45) is -5.53. The molecule has 14 atom stereocenters. The second-order valence-electron chi connectivity index (χ2n) is 15.9. The number of ether oxygens (including phenoxy) is 5. The van der Waals surface area contributed by atoms with Crippen molar-refractivity contribution < 1.29 is 48.6 Å². The molecule has 0 saturated carbocycles. The lowest BCUT2D eigenvalue weighted by molar-refractivity contribution is -0.302. The lowest BCUT2D eigenvalue weighted by atomic mass is 9.73. The number of aliphatic hydroxyl groups is 3. The van der Waals surface area contributed by atoms with Crippen LogP contribution in [0.15, 0.2) is 35.5 Å². The van der Waals surface area contributed by atoms with E-state index in [9.17, 15) is 25.5 Å². The summed E-state index contributed by atoms with van der Waals surface area (Å²) >= 11 is 0. The summed E-state index contributed by atoms with van der Waals surface area (Å²) < 4.78 is 32.3. The number of fused-ring (bicyclic) bond motifs is 5. The predicted molar refractivity (Wildman–Crippen MR) is 196 cm³/mol. The van der Waals surface area contributed by atoms with Crippen molar-refractivity contribution >= 4 is 17.4 Å². The van der Waals surface area contributed by atoms with Crippen LogP contribution in [0, 0.1) is 29.1 Å². The largest absolute Gasteiger partial charge is 0.459 e. The highest BCUT2D eigenvalue weighted by Gasteiger charge is 2.52. The fourth-order valence-electron chi connectivity index (χ4n) is 8.15. The van der Waals surface area contributed by atoms with E-state index in [1.807, 2.05) is 77.0 Å². The number of oxime groups is 1. The molecule has 4 N–H and O–H groups in total. The molecule has 294 valence electrons. The molecule has 1 aromatic rings. The minimum Gasteiger partial charge on any atom is -0.459 e. The van der Waals surface area contributed by atoms with E-state index in [-0.39, 0.29) is 44.8 Å². The normalized spacial score (nSPS) is 42.2. The van der Waals surface area contributed by atoms with Gasteiger partial charge in [-0.15, -0.1) is 0 Å². The Morgan fingerprint density at radius 1 is 1.02 bits per heavy atom. The van der Waals surface area contributed by atoms with Crippen LogP contribution in [-0.4, -0.2) is 125 Å². The van der Waals surface area contributed by atoms with Crippen molar-refractivity contribution in [3.05, 3.63) is 35.9 Å². The van der Waals surface area contributed by atoms with Gasteiger partial charge in [-0.05, 0) is 72.5 Å². The summed E-state index contributed by atoms with van der Waals surface area (Å²) in [5.41, 5.74) is -1.38. The van der Waals surface area contributed by atoms with Gasteiger partial charge in [0.1, 0.15) is 30.1 Å². The third kappa shape index (κ3) is 9.59. The van der Waals surface area contributed by atoms with E-state index in [0.717, 1.165) is 5.56 Å². The highest BCUT2D eigenvalue weighted by atomic mass is 16.7. The zero-order valence-corrected chi connectivity index (χ0v) is 32.7. The van der Waals surface area contributed by atoms with E-state index >= 15 is 0 Å². The van der Waals surface area contributed by atoms with E-state index in [1.54, 1.807) is 27.7 Å².